The van der Waals surface area contributed by atoms with Gasteiger partial charge in [0.2, 0.25) is 5.91 Å². The molecule has 5 nitrogen and oxygen atoms in total. The summed E-state index contributed by atoms with van der Waals surface area (Å²) in [6, 6.07) is 0. The molecule has 2 N–H and O–H groups in total. The van der Waals surface area contributed by atoms with Gasteiger partial charge in [-0.3, -0.25) is 9.59 Å². The molecule has 1 amide bonds. The molecule has 1 unspecified atom stereocenters. The van der Waals surface area contributed by atoms with E-state index < -0.39 is 6.10 Å². The highest BCUT2D eigenvalue weighted by atomic mass is 16.5. The van der Waals surface area contributed by atoms with Gasteiger partial charge in [-0.05, 0) is 6.92 Å². The third-order valence-corrected chi connectivity index (χ3v) is 1.30. The number of carbonyl (C=O) groups is 2. The summed E-state index contributed by atoms with van der Waals surface area (Å²) in [7, 11) is 0. The van der Waals surface area contributed by atoms with E-state index in [1.54, 1.807) is 6.92 Å². The third-order valence-electron chi connectivity index (χ3n) is 1.30. The minimum absolute atomic E-state index is 0.0486. The van der Waals surface area contributed by atoms with Gasteiger partial charge in [0.25, 0.3) is 0 Å². The number of rotatable bonds is 1. The number of β-amino-alcohol motifs (C(OH)–C–C–N with tert-alkyl or cyclic N) is 1. The number of hydrogen-bond acceptors (Lipinski definition) is 4. The van der Waals surface area contributed by atoms with Crippen molar-refractivity contribution < 1.29 is 19.4 Å². The average molecular weight is 189 g/mol. The van der Waals surface area contributed by atoms with Gasteiger partial charge >= 0.3 is 5.97 Å². The summed E-state index contributed by atoms with van der Waals surface area (Å²) in [6.45, 7) is 4.08. The predicted octanol–water partition coefficient (Wildman–Crippen LogP) is -0.563. The van der Waals surface area contributed by atoms with E-state index in [0.717, 1.165) is 0 Å². The Morgan fingerprint density at radius 2 is 2.38 bits per heavy atom. The molecule has 0 aromatic heterocycles. The molecule has 76 valence electrons. The molecule has 13 heavy (non-hydrogen) atoms. The Kier molecular flexibility index (Phi) is 5.88. The second-order valence-electron chi connectivity index (χ2n) is 2.59. The molecule has 1 heterocycles. The molecule has 5 heteroatoms. The van der Waals surface area contributed by atoms with Crippen molar-refractivity contribution in [3.8, 4) is 0 Å². The van der Waals surface area contributed by atoms with Crippen LogP contribution in [0.15, 0.2) is 0 Å². The molecule has 0 aromatic carbocycles. The lowest BCUT2D eigenvalue weighted by Crippen LogP contribution is -2.14. The maximum absolute atomic E-state index is 10.2. The van der Waals surface area contributed by atoms with Crippen molar-refractivity contribution in [2.45, 2.75) is 26.4 Å². The van der Waals surface area contributed by atoms with Crippen LogP contribution in [0.4, 0.5) is 0 Å². The Bertz CT molecular complexity index is 181. The Morgan fingerprint density at radius 3 is 2.46 bits per heavy atom. The van der Waals surface area contributed by atoms with Gasteiger partial charge in [-0.15, -0.1) is 0 Å². The first-order valence-corrected chi connectivity index (χ1v) is 4.14. The molecule has 0 bridgehead atoms. The van der Waals surface area contributed by atoms with E-state index in [4.69, 9.17) is 5.11 Å². The Balaban J connectivity index is 0.000000226. The van der Waals surface area contributed by atoms with Crippen molar-refractivity contribution in [2.75, 3.05) is 13.2 Å². The zero-order valence-corrected chi connectivity index (χ0v) is 7.87. The predicted molar refractivity (Wildman–Crippen MR) is 45.9 cm³/mol. The number of amides is 1. The van der Waals surface area contributed by atoms with Gasteiger partial charge in [0.05, 0.1) is 19.1 Å². The first-order valence-electron chi connectivity index (χ1n) is 4.14. The van der Waals surface area contributed by atoms with E-state index in [2.05, 4.69) is 10.1 Å². The van der Waals surface area contributed by atoms with Crippen LogP contribution >= 0.6 is 0 Å². The van der Waals surface area contributed by atoms with Gasteiger partial charge in [0, 0.05) is 13.5 Å². The molecule has 0 saturated carbocycles. The number of carbonyl (C=O) groups excluding carboxylic acids is 2. The van der Waals surface area contributed by atoms with Crippen LogP contribution in [0.5, 0.6) is 0 Å². The van der Waals surface area contributed by atoms with E-state index in [0.29, 0.717) is 13.2 Å². The first-order chi connectivity index (χ1) is 6.06. The summed E-state index contributed by atoms with van der Waals surface area (Å²) >= 11 is 0. The Hall–Kier alpha value is -1.10. The number of esters is 1. The molecule has 1 aliphatic rings. The van der Waals surface area contributed by atoms with E-state index in [9.17, 15) is 9.59 Å². The highest BCUT2D eigenvalue weighted by molar-refractivity contribution is 5.78. The highest BCUT2D eigenvalue weighted by Crippen LogP contribution is 1.95. The topological polar surface area (TPSA) is 75.6 Å². The summed E-state index contributed by atoms with van der Waals surface area (Å²) < 4.78 is 4.40. The fourth-order valence-corrected chi connectivity index (χ4v) is 0.793. The summed E-state index contributed by atoms with van der Waals surface area (Å²) in [5.41, 5.74) is 0. The molecule has 1 fully saturated rings. The van der Waals surface area contributed by atoms with Crippen LogP contribution in [0.2, 0.25) is 0 Å². The molecule has 1 aliphatic heterocycles. The molecular weight excluding hydrogens is 174 g/mol. The zero-order valence-electron chi connectivity index (χ0n) is 7.87. The Labute approximate surface area is 77.1 Å². The number of ether oxygens (including phenoxy) is 1. The van der Waals surface area contributed by atoms with Crippen molar-refractivity contribution in [1.29, 1.82) is 0 Å². The number of nitrogens with one attached hydrogen (secondary N) is 1. The van der Waals surface area contributed by atoms with E-state index in [-0.39, 0.29) is 18.3 Å². The molecule has 0 spiro atoms. The van der Waals surface area contributed by atoms with Crippen LogP contribution < -0.4 is 5.32 Å². The van der Waals surface area contributed by atoms with E-state index in [1.807, 2.05) is 0 Å². The molecule has 0 aliphatic carbocycles. The molecule has 0 aromatic rings. The van der Waals surface area contributed by atoms with Crippen LogP contribution in [0.3, 0.4) is 0 Å². The summed E-state index contributed by atoms with van der Waals surface area (Å²) in [5, 5.41) is 11.1. The van der Waals surface area contributed by atoms with Crippen LogP contribution in [0.1, 0.15) is 20.3 Å². The minimum atomic E-state index is -0.438. The lowest BCUT2D eigenvalue weighted by molar-refractivity contribution is -0.140. The third kappa shape index (κ3) is 7.27. The smallest absolute Gasteiger partial charge is 0.302 e. The summed E-state index contributed by atoms with van der Waals surface area (Å²) in [4.78, 5) is 20.0. The highest BCUT2D eigenvalue weighted by Gasteiger charge is 2.17. The molecular formula is C8H15NO4. The van der Waals surface area contributed by atoms with Gasteiger partial charge < -0.3 is 15.2 Å². The van der Waals surface area contributed by atoms with E-state index in [1.165, 1.54) is 6.92 Å². The van der Waals surface area contributed by atoms with Gasteiger partial charge in [0.1, 0.15) is 0 Å². The average Bonchev–Trinajstić information content (AvgIpc) is 2.35. The molecule has 0 radical (unpaired) electrons. The largest absolute Gasteiger partial charge is 0.466 e. The van der Waals surface area contributed by atoms with Gasteiger partial charge in [-0.1, -0.05) is 0 Å². The van der Waals surface area contributed by atoms with Crippen molar-refractivity contribution in [2.24, 2.45) is 0 Å². The number of aliphatic hydroxyl groups excluding tert-OH is 1. The van der Waals surface area contributed by atoms with Gasteiger partial charge in [0.15, 0.2) is 0 Å². The normalized spacial score (nSPS) is 19.9. The van der Waals surface area contributed by atoms with Crippen molar-refractivity contribution in [3.05, 3.63) is 0 Å². The van der Waals surface area contributed by atoms with Crippen LogP contribution in [0, 0.1) is 0 Å². The monoisotopic (exact) mass is 189 g/mol. The van der Waals surface area contributed by atoms with Crippen LogP contribution in [-0.2, 0) is 14.3 Å². The minimum Gasteiger partial charge on any atom is -0.466 e. The summed E-state index contributed by atoms with van der Waals surface area (Å²) in [5.74, 6) is -0.259. The molecule has 1 rings (SSSR count). The standard InChI is InChI=1S/C4H7NO2.C4H8O2/c6-3-1-4(7)5-2-3;1-3-6-4(2)5/h3,6H,1-2H2,(H,5,7);3H2,1-2H3. The second kappa shape index (κ2) is 6.42. The second-order valence-corrected chi connectivity index (χ2v) is 2.59. The Morgan fingerprint density at radius 1 is 1.77 bits per heavy atom. The maximum atomic E-state index is 10.2. The lowest BCUT2D eigenvalue weighted by Gasteiger charge is -1.89. The summed E-state index contributed by atoms with van der Waals surface area (Å²) in [6.07, 6.45) is -0.160. The van der Waals surface area contributed by atoms with Gasteiger partial charge in [-0.2, -0.15) is 0 Å². The molecule has 1 atom stereocenters. The first kappa shape index (κ1) is 11.9. The van der Waals surface area contributed by atoms with Crippen molar-refractivity contribution in [1.82, 2.24) is 5.32 Å². The zero-order chi connectivity index (χ0) is 10.3. The number of aliphatic hydroxyl groups is 1. The fraction of sp³-hybridized carbons (Fsp3) is 0.750. The van der Waals surface area contributed by atoms with Crippen molar-refractivity contribution in [3.63, 3.8) is 0 Å². The lowest BCUT2D eigenvalue weighted by atomic mass is 10.3. The maximum Gasteiger partial charge on any atom is 0.302 e. The quantitative estimate of drug-likeness (QED) is 0.542. The number of hydrogen-bond donors (Lipinski definition) is 2. The molecule has 1 saturated heterocycles. The fourth-order valence-electron chi connectivity index (χ4n) is 0.793. The van der Waals surface area contributed by atoms with Crippen LogP contribution in [-0.4, -0.2) is 36.2 Å². The van der Waals surface area contributed by atoms with Crippen molar-refractivity contribution >= 4 is 11.9 Å². The SMILES string of the molecule is CCOC(C)=O.O=C1CC(O)CN1. The van der Waals surface area contributed by atoms with Gasteiger partial charge in [-0.25, -0.2) is 0 Å². The van der Waals surface area contributed by atoms with Crippen LogP contribution in [0.25, 0.3) is 0 Å². The van der Waals surface area contributed by atoms with E-state index >= 15 is 0 Å².